The van der Waals surface area contributed by atoms with E-state index < -0.39 is 0 Å². The van der Waals surface area contributed by atoms with Gasteiger partial charge in [0, 0.05) is 47.0 Å². The molecular weight excluding hydrogens is 498 g/mol. The molecule has 1 unspecified atom stereocenters. The van der Waals surface area contributed by atoms with Gasteiger partial charge in [-0.3, -0.25) is 9.78 Å². The first kappa shape index (κ1) is 27.1. The van der Waals surface area contributed by atoms with Crippen LogP contribution in [0.2, 0.25) is 0 Å². The molecule has 1 N–H and O–H groups in total. The summed E-state index contributed by atoms with van der Waals surface area (Å²) in [5.41, 5.74) is 6.56. The van der Waals surface area contributed by atoms with E-state index in [0.29, 0.717) is 23.9 Å². The monoisotopic (exact) mass is 527 g/mol. The van der Waals surface area contributed by atoms with Crippen LogP contribution in [-0.4, -0.2) is 50.3 Å². The maximum Gasteiger partial charge on any atom is 0.290 e. The van der Waals surface area contributed by atoms with Crippen molar-refractivity contribution in [2.75, 3.05) is 14.2 Å². The maximum absolute atomic E-state index is 8.36. The fraction of sp³-hybridized carbons (Fsp3) is 0.207. The number of benzene rings is 1. The van der Waals surface area contributed by atoms with Crippen molar-refractivity contribution in [3.05, 3.63) is 90.3 Å². The molecule has 0 amide bonds. The zero-order chi connectivity index (χ0) is 27.8. The summed E-state index contributed by atoms with van der Waals surface area (Å²) in [6.45, 7) is 4.31. The molecule has 0 bridgehead atoms. The highest BCUT2D eigenvalue weighted by atomic mass is 16.5. The Labute approximate surface area is 225 Å². The van der Waals surface area contributed by atoms with Gasteiger partial charge in [0.2, 0.25) is 5.88 Å². The van der Waals surface area contributed by atoms with Crippen molar-refractivity contribution in [2.45, 2.75) is 26.5 Å². The third kappa shape index (κ3) is 6.48. The second kappa shape index (κ2) is 12.5. The first-order valence-corrected chi connectivity index (χ1v) is 12.1. The lowest BCUT2D eigenvalue weighted by Gasteiger charge is -2.18. The van der Waals surface area contributed by atoms with Gasteiger partial charge in [0.15, 0.2) is 17.1 Å². The minimum absolute atomic E-state index is 0.158. The highest BCUT2D eigenvalue weighted by Crippen LogP contribution is 2.32. The normalized spacial score (nSPS) is 11.3. The molecule has 0 aliphatic heterocycles. The van der Waals surface area contributed by atoms with Crippen LogP contribution in [0.25, 0.3) is 22.3 Å². The lowest BCUT2D eigenvalue weighted by Crippen LogP contribution is -2.06. The molecule has 0 fully saturated rings. The fourth-order valence-corrected chi connectivity index (χ4v) is 3.98. The molecule has 1 atom stereocenters. The zero-order valence-electron chi connectivity index (χ0n) is 22.1. The van der Waals surface area contributed by atoms with Gasteiger partial charge in [0.1, 0.15) is 11.6 Å². The van der Waals surface area contributed by atoms with Crippen LogP contribution < -0.4 is 14.2 Å². The Hall–Kier alpha value is -4.99. The summed E-state index contributed by atoms with van der Waals surface area (Å²) in [6.07, 6.45) is 7.09. The van der Waals surface area contributed by atoms with Crippen LogP contribution in [0.5, 0.6) is 17.4 Å². The number of imidazole rings is 1. The van der Waals surface area contributed by atoms with Crippen molar-refractivity contribution in [3.8, 4) is 28.5 Å². The quantitative estimate of drug-likeness (QED) is 0.275. The Morgan fingerprint density at radius 3 is 2.36 bits per heavy atom. The molecule has 39 heavy (non-hydrogen) atoms. The topological polar surface area (TPSA) is 121 Å². The van der Waals surface area contributed by atoms with Crippen LogP contribution >= 0.6 is 0 Å². The van der Waals surface area contributed by atoms with Crippen LogP contribution in [-0.2, 0) is 11.3 Å². The number of aryl methyl sites for hydroxylation is 1. The molecule has 4 heterocycles. The van der Waals surface area contributed by atoms with Gasteiger partial charge in [-0.25, -0.2) is 15.0 Å². The SMILES string of the molecule is COc1ccc(-c2cnc3c(c2)ncn3Cc2ccc(OC(C)c3ccc(C)nc3)c(OC)c2)cn1.O=CO. The Morgan fingerprint density at radius 2 is 1.69 bits per heavy atom. The van der Waals surface area contributed by atoms with Crippen LogP contribution in [0, 0.1) is 6.92 Å². The van der Waals surface area contributed by atoms with Crippen molar-refractivity contribution < 1.29 is 24.1 Å². The minimum Gasteiger partial charge on any atom is -0.493 e. The van der Waals surface area contributed by atoms with E-state index >= 15 is 0 Å². The highest BCUT2D eigenvalue weighted by Gasteiger charge is 2.14. The number of carbonyl (C=O) groups is 1. The van der Waals surface area contributed by atoms with Crippen molar-refractivity contribution in [1.29, 1.82) is 0 Å². The largest absolute Gasteiger partial charge is 0.493 e. The molecule has 5 rings (SSSR count). The molecule has 200 valence electrons. The lowest BCUT2D eigenvalue weighted by molar-refractivity contribution is -0.122. The number of rotatable bonds is 8. The van der Waals surface area contributed by atoms with Gasteiger partial charge in [-0.2, -0.15) is 0 Å². The Bertz CT molecular complexity index is 1530. The third-order valence-corrected chi connectivity index (χ3v) is 6.02. The average molecular weight is 528 g/mol. The second-order valence-electron chi connectivity index (χ2n) is 8.61. The van der Waals surface area contributed by atoms with E-state index in [-0.39, 0.29) is 12.6 Å². The van der Waals surface area contributed by atoms with Gasteiger partial charge in [-0.1, -0.05) is 12.1 Å². The molecule has 0 saturated heterocycles. The van der Waals surface area contributed by atoms with E-state index in [1.807, 2.05) is 79.3 Å². The van der Waals surface area contributed by atoms with Crippen LogP contribution in [0.3, 0.4) is 0 Å². The molecule has 4 aromatic heterocycles. The fourth-order valence-electron chi connectivity index (χ4n) is 3.98. The first-order valence-electron chi connectivity index (χ1n) is 12.1. The number of methoxy groups -OCH3 is 2. The molecular formula is C29H29N5O5. The van der Waals surface area contributed by atoms with Gasteiger partial charge in [-0.05, 0) is 49.7 Å². The maximum atomic E-state index is 8.36. The van der Waals surface area contributed by atoms with Gasteiger partial charge in [0.25, 0.3) is 6.47 Å². The van der Waals surface area contributed by atoms with E-state index in [1.54, 1.807) is 26.7 Å². The third-order valence-electron chi connectivity index (χ3n) is 6.02. The number of hydrogen-bond donors (Lipinski definition) is 1. The summed E-state index contributed by atoms with van der Waals surface area (Å²) in [5.74, 6) is 1.93. The standard InChI is InChI=1S/C28H27N5O3.CH2O2/c1-18-5-7-21(13-29-18)19(2)36-25-9-6-20(11-26(25)34-3)16-33-17-32-24-12-23(15-31-28(24)33)22-8-10-27(35-4)30-14-22;2-1-3/h5-15,17,19H,16H2,1-4H3;1H,(H,2,3). The summed E-state index contributed by atoms with van der Waals surface area (Å²) in [6, 6.07) is 15.8. The minimum atomic E-state index is -0.250. The molecule has 1 aromatic carbocycles. The van der Waals surface area contributed by atoms with Crippen molar-refractivity contribution >= 4 is 17.6 Å². The Kier molecular flexibility index (Phi) is 8.67. The predicted octanol–water partition coefficient (Wildman–Crippen LogP) is 5.10. The number of carboxylic acid groups (broad SMARTS) is 1. The molecule has 0 saturated carbocycles. The Balaban J connectivity index is 0.00000112. The van der Waals surface area contributed by atoms with Crippen LogP contribution in [0.1, 0.15) is 29.8 Å². The molecule has 5 aromatic rings. The van der Waals surface area contributed by atoms with Crippen molar-refractivity contribution in [3.63, 3.8) is 0 Å². The number of hydrogen-bond acceptors (Lipinski definition) is 8. The van der Waals surface area contributed by atoms with Crippen LogP contribution in [0.15, 0.2) is 73.4 Å². The number of pyridine rings is 3. The summed E-state index contributed by atoms with van der Waals surface area (Å²) in [4.78, 5) is 26.2. The number of aromatic nitrogens is 5. The van der Waals surface area contributed by atoms with Gasteiger partial charge < -0.3 is 23.9 Å². The smallest absolute Gasteiger partial charge is 0.290 e. The molecule has 0 radical (unpaired) electrons. The summed E-state index contributed by atoms with van der Waals surface area (Å²) in [5, 5.41) is 6.89. The van der Waals surface area contributed by atoms with E-state index in [4.69, 9.17) is 24.1 Å². The van der Waals surface area contributed by atoms with Gasteiger partial charge in [-0.15, -0.1) is 0 Å². The van der Waals surface area contributed by atoms with Gasteiger partial charge in [0.05, 0.1) is 27.1 Å². The predicted molar refractivity (Wildman–Crippen MR) is 146 cm³/mol. The van der Waals surface area contributed by atoms with Crippen LogP contribution in [0.4, 0.5) is 0 Å². The van der Waals surface area contributed by atoms with E-state index in [0.717, 1.165) is 39.1 Å². The second-order valence-corrected chi connectivity index (χ2v) is 8.61. The zero-order valence-corrected chi connectivity index (χ0v) is 22.1. The number of ether oxygens (including phenoxy) is 3. The number of fused-ring (bicyclic) bond motifs is 1. The van der Waals surface area contributed by atoms with Gasteiger partial charge >= 0.3 is 0 Å². The molecule has 0 aliphatic carbocycles. The van der Waals surface area contributed by atoms with Crippen molar-refractivity contribution in [2.24, 2.45) is 0 Å². The van der Waals surface area contributed by atoms with E-state index in [9.17, 15) is 0 Å². The lowest BCUT2D eigenvalue weighted by atomic mass is 10.1. The van der Waals surface area contributed by atoms with E-state index in [2.05, 4.69) is 19.9 Å². The summed E-state index contributed by atoms with van der Waals surface area (Å²) >= 11 is 0. The molecule has 0 aliphatic rings. The number of nitrogens with zero attached hydrogens (tertiary/aromatic N) is 5. The summed E-state index contributed by atoms with van der Waals surface area (Å²) in [7, 11) is 3.25. The molecule has 10 heteroatoms. The summed E-state index contributed by atoms with van der Waals surface area (Å²) < 4.78 is 19.0. The highest BCUT2D eigenvalue weighted by molar-refractivity contribution is 5.78. The Morgan fingerprint density at radius 1 is 0.897 bits per heavy atom. The first-order chi connectivity index (χ1) is 18.9. The molecule has 0 spiro atoms. The molecule has 10 nitrogen and oxygen atoms in total. The average Bonchev–Trinajstić information content (AvgIpc) is 3.36. The van der Waals surface area contributed by atoms with E-state index in [1.165, 1.54) is 0 Å². The van der Waals surface area contributed by atoms with Crippen molar-refractivity contribution in [1.82, 2.24) is 24.5 Å².